The summed E-state index contributed by atoms with van der Waals surface area (Å²) in [4.78, 5) is 0. The number of halogens is 2. The molecular weight excluding hydrogens is 335 g/mol. The molecule has 24 heavy (non-hydrogen) atoms. The molecule has 4 bridgehead atoms. The maximum absolute atomic E-state index is 6.50. The number of hydrogen-bond donors (Lipinski definition) is 0. The summed E-state index contributed by atoms with van der Waals surface area (Å²) in [6.45, 7) is 0. The van der Waals surface area contributed by atoms with E-state index in [4.69, 9.17) is 23.2 Å². The highest BCUT2D eigenvalue weighted by Gasteiger charge is 2.61. The minimum atomic E-state index is 0.202. The summed E-state index contributed by atoms with van der Waals surface area (Å²) in [6, 6.07) is 13.4. The first-order valence-electron chi connectivity index (χ1n) is 9.27. The van der Waals surface area contributed by atoms with E-state index in [1.165, 1.54) is 48.8 Å². The van der Waals surface area contributed by atoms with E-state index in [0.717, 1.165) is 28.7 Å². The molecule has 1 spiro atoms. The van der Waals surface area contributed by atoms with E-state index in [1.807, 2.05) is 0 Å². The first-order chi connectivity index (χ1) is 11.7. The Hall–Kier alpha value is -0.980. The summed E-state index contributed by atoms with van der Waals surface area (Å²) in [5, 5.41) is 1.41. The van der Waals surface area contributed by atoms with Crippen molar-refractivity contribution in [1.29, 1.82) is 0 Å². The van der Waals surface area contributed by atoms with Crippen LogP contribution < -0.4 is 0 Å². The van der Waals surface area contributed by atoms with Gasteiger partial charge in [0.25, 0.3) is 0 Å². The van der Waals surface area contributed by atoms with Gasteiger partial charge in [-0.2, -0.15) is 0 Å². The Morgan fingerprint density at radius 1 is 0.708 bits per heavy atom. The molecule has 122 valence electrons. The molecule has 5 aliphatic carbocycles. The second-order valence-corrected chi connectivity index (χ2v) is 9.35. The van der Waals surface area contributed by atoms with Gasteiger partial charge in [0, 0.05) is 5.41 Å². The van der Waals surface area contributed by atoms with Crippen molar-refractivity contribution < 1.29 is 0 Å². The van der Waals surface area contributed by atoms with Gasteiger partial charge in [-0.05, 0) is 90.2 Å². The normalized spacial score (nSPS) is 37.8. The van der Waals surface area contributed by atoms with Gasteiger partial charge < -0.3 is 0 Å². The van der Waals surface area contributed by atoms with Gasteiger partial charge >= 0.3 is 0 Å². The van der Waals surface area contributed by atoms with Crippen LogP contribution in [0.25, 0.3) is 11.1 Å². The van der Waals surface area contributed by atoms with Gasteiger partial charge in [-0.3, -0.25) is 0 Å². The van der Waals surface area contributed by atoms with Gasteiger partial charge in [0.1, 0.15) is 0 Å². The van der Waals surface area contributed by atoms with Crippen LogP contribution in [-0.4, -0.2) is 0 Å². The summed E-state index contributed by atoms with van der Waals surface area (Å²) < 4.78 is 0. The topological polar surface area (TPSA) is 0 Å². The molecule has 4 fully saturated rings. The molecule has 0 heterocycles. The average molecular weight is 355 g/mol. The Morgan fingerprint density at radius 3 is 2.04 bits per heavy atom. The van der Waals surface area contributed by atoms with Crippen molar-refractivity contribution in [3.8, 4) is 11.1 Å². The third kappa shape index (κ3) is 1.54. The van der Waals surface area contributed by atoms with Crippen LogP contribution in [0.4, 0.5) is 0 Å². The standard InChI is InChI=1S/C22H20Cl2/c23-20-10-17-16-3-1-2-4-18(16)22(19(17)11-21(20)24)14-6-12-5-13(8-14)9-15(22)7-12/h1-4,10-15H,5-9H2. The minimum absolute atomic E-state index is 0.202. The predicted molar refractivity (Wildman–Crippen MR) is 99.7 cm³/mol. The fourth-order valence-corrected chi connectivity index (χ4v) is 7.47. The highest BCUT2D eigenvalue weighted by Crippen LogP contribution is 2.69. The van der Waals surface area contributed by atoms with Gasteiger partial charge in [0.15, 0.2) is 0 Å². The monoisotopic (exact) mass is 354 g/mol. The molecule has 0 N–H and O–H groups in total. The largest absolute Gasteiger partial charge is 0.0827 e. The molecule has 0 amide bonds. The van der Waals surface area contributed by atoms with Crippen LogP contribution >= 0.6 is 23.2 Å². The third-order valence-corrected chi connectivity index (χ3v) is 8.32. The molecule has 0 saturated heterocycles. The molecule has 0 unspecified atom stereocenters. The molecule has 0 radical (unpaired) electrons. The highest BCUT2D eigenvalue weighted by atomic mass is 35.5. The van der Waals surface area contributed by atoms with Crippen molar-refractivity contribution in [3.63, 3.8) is 0 Å². The molecule has 0 atom stereocenters. The summed E-state index contributed by atoms with van der Waals surface area (Å²) >= 11 is 12.9. The number of benzene rings is 2. The smallest absolute Gasteiger partial charge is 0.0598 e. The number of fused-ring (bicyclic) bond motifs is 3. The van der Waals surface area contributed by atoms with Crippen molar-refractivity contribution in [1.82, 2.24) is 0 Å². The first-order valence-corrected chi connectivity index (χ1v) is 10.0. The second-order valence-electron chi connectivity index (χ2n) is 8.53. The van der Waals surface area contributed by atoms with Crippen LogP contribution in [-0.2, 0) is 5.41 Å². The Morgan fingerprint density at radius 2 is 1.33 bits per heavy atom. The van der Waals surface area contributed by atoms with E-state index in [0.29, 0.717) is 5.02 Å². The van der Waals surface area contributed by atoms with Crippen LogP contribution in [0.5, 0.6) is 0 Å². The molecule has 2 heteroatoms. The van der Waals surface area contributed by atoms with Crippen molar-refractivity contribution in [2.75, 3.05) is 0 Å². The average Bonchev–Trinajstić information content (AvgIpc) is 2.84. The lowest BCUT2D eigenvalue weighted by atomic mass is 9.43. The first kappa shape index (κ1) is 14.2. The maximum Gasteiger partial charge on any atom is 0.0598 e. The maximum atomic E-state index is 6.50. The zero-order valence-corrected chi connectivity index (χ0v) is 15.1. The van der Waals surface area contributed by atoms with Gasteiger partial charge in [-0.1, -0.05) is 47.5 Å². The van der Waals surface area contributed by atoms with Crippen LogP contribution in [0.15, 0.2) is 36.4 Å². The fourth-order valence-electron chi connectivity index (χ4n) is 7.14. The van der Waals surface area contributed by atoms with E-state index in [1.54, 1.807) is 5.56 Å². The summed E-state index contributed by atoms with van der Waals surface area (Å²) in [5.41, 5.74) is 5.98. The Balaban J connectivity index is 1.69. The van der Waals surface area contributed by atoms with Gasteiger partial charge in [0.05, 0.1) is 10.0 Å². The molecule has 7 rings (SSSR count). The number of hydrogen-bond acceptors (Lipinski definition) is 0. The lowest BCUT2D eigenvalue weighted by molar-refractivity contribution is -0.0399. The van der Waals surface area contributed by atoms with Crippen molar-refractivity contribution in [3.05, 3.63) is 57.6 Å². The van der Waals surface area contributed by atoms with Gasteiger partial charge in [-0.25, -0.2) is 0 Å². The van der Waals surface area contributed by atoms with E-state index < -0.39 is 0 Å². The lowest BCUT2D eigenvalue weighted by Crippen LogP contribution is -2.55. The van der Waals surface area contributed by atoms with E-state index in [9.17, 15) is 0 Å². The molecule has 0 aliphatic heterocycles. The summed E-state index contributed by atoms with van der Waals surface area (Å²) in [6.07, 6.45) is 7.10. The molecular formula is C22H20Cl2. The lowest BCUT2D eigenvalue weighted by Gasteiger charge is -2.61. The van der Waals surface area contributed by atoms with Crippen LogP contribution in [0.3, 0.4) is 0 Å². The second kappa shape index (κ2) is 4.59. The van der Waals surface area contributed by atoms with Crippen LogP contribution in [0.2, 0.25) is 10.0 Å². The minimum Gasteiger partial charge on any atom is -0.0827 e. The number of rotatable bonds is 0. The van der Waals surface area contributed by atoms with Crippen LogP contribution in [0.1, 0.15) is 43.2 Å². The molecule has 0 aromatic heterocycles. The SMILES string of the molecule is Clc1cc2c(cc1Cl)C1(c3ccccc3-2)C2CC3CC(C2)CC1C3. The Bertz CT molecular complexity index is 838. The van der Waals surface area contributed by atoms with Crippen molar-refractivity contribution in [2.24, 2.45) is 23.7 Å². The van der Waals surface area contributed by atoms with Crippen molar-refractivity contribution >= 4 is 23.2 Å². The summed E-state index contributed by atoms with van der Waals surface area (Å²) in [5.74, 6) is 3.51. The Kier molecular flexibility index (Phi) is 2.72. The predicted octanol–water partition coefficient (Wildman–Crippen LogP) is 6.72. The van der Waals surface area contributed by atoms with E-state index in [2.05, 4.69) is 36.4 Å². The zero-order valence-electron chi connectivity index (χ0n) is 13.6. The Labute approximate surface area is 153 Å². The van der Waals surface area contributed by atoms with Crippen molar-refractivity contribution in [2.45, 2.75) is 37.5 Å². The molecule has 2 aromatic rings. The fraction of sp³-hybridized carbons (Fsp3) is 0.455. The molecule has 2 aromatic carbocycles. The van der Waals surface area contributed by atoms with E-state index in [-0.39, 0.29) is 5.41 Å². The zero-order chi connectivity index (χ0) is 16.1. The van der Waals surface area contributed by atoms with E-state index >= 15 is 0 Å². The molecule has 5 aliphatic rings. The molecule has 0 nitrogen and oxygen atoms in total. The summed E-state index contributed by atoms with van der Waals surface area (Å²) in [7, 11) is 0. The highest BCUT2D eigenvalue weighted by molar-refractivity contribution is 6.42. The van der Waals surface area contributed by atoms with Crippen LogP contribution in [0, 0.1) is 23.7 Å². The third-order valence-electron chi connectivity index (χ3n) is 7.60. The van der Waals surface area contributed by atoms with Gasteiger partial charge in [-0.15, -0.1) is 0 Å². The van der Waals surface area contributed by atoms with Gasteiger partial charge in [0.2, 0.25) is 0 Å². The molecule has 4 saturated carbocycles. The quantitative estimate of drug-likeness (QED) is 0.492.